The standard InChI is InChI=1S/C26H27N3O5S/c1-2-16(11-24(31)32)13-27-23(30)12-17-15-35-25(28-17)29-26(33)34-14-22-20-9-5-3-7-18(20)19-8-4-6-10-21(19)22/h3-10,15-16,22H,2,11-14H2,1H3,(H,27,30)(H,31,32)(H,28,29,33). The molecule has 3 N–H and O–H groups in total. The molecule has 182 valence electrons. The van der Waals surface area contributed by atoms with Crippen LogP contribution in [0.1, 0.15) is 42.5 Å². The minimum Gasteiger partial charge on any atom is -0.481 e. The fourth-order valence-corrected chi connectivity index (χ4v) is 4.96. The van der Waals surface area contributed by atoms with Gasteiger partial charge in [-0.15, -0.1) is 11.3 Å². The number of hydrogen-bond acceptors (Lipinski definition) is 6. The van der Waals surface area contributed by atoms with Crippen molar-refractivity contribution in [2.75, 3.05) is 18.5 Å². The Morgan fingerprint density at radius 2 is 1.74 bits per heavy atom. The predicted molar refractivity (Wildman–Crippen MR) is 134 cm³/mol. The molecule has 9 heteroatoms. The summed E-state index contributed by atoms with van der Waals surface area (Å²) in [6, 6.07) is 16.3. The molecule has 35 heavy (non-hydrogen) atoms. The van der Waals surface area contributed by atoms with Crippen LogP contribution < -0.4 is 10.6 Å². The first-order valence-corrected chi connectivity index (χ1v) is 12.4. The summed E-state index contributed by atoms with van der Waals surface area (Å²) < 4.78 is 5.53. The number of carbonyl (C=O) groups is 3. The normalized spacial score (nSPS) is 12.9. The lowest BCUT2D eigenvalue weighted by atomic mass is 9.98. The average Bonchev–Trinajstić information content (AvgIpc) is 3.41. The van der Waals surface area contributed by atoms with Crippen LogP contribution in [0.3, 0.4) is 0 Å². The summed E-state index contributed by atoms with van der Waals surface area (Å²) in [6.07, 6.45) is 0.127. The Morgan fingerprint density at radius 3 is 2.37 bits per heavy atom. The number of rotatable bonds is 10. The Morgan fingerprint density at radius 1 is 1.09 bits per heavy atom. The number of ether oxygens (including phenoxy) is 1. The molecule has 1 aliphatic rings. The lowest BCUT2D eigenvalue weighted by Crippen LogP contribution is -2.31. The van der Waals surface area contributed by atoms with Crippen LogP contribution in [-0.4, -0.2) is 41.2 Å². The predicted octanol–water partition coefficient (Wildman–Crippen LogP) is 4.66. The largest absolute Gasteiger partial charge is 0.481 e. The molecule has 1 atom stereocenters. The third-order valence-electron chi connectivity index (χ3n) is 6.07. The number of benzene rings is 2. The van der Waals surface area contributed by atoms with Crippen molar-refractivity contribution in [2.45, 2.75) is 32.1 Å². The van der Waals surface area contributed by atoms with E-state index in [4.69, 9.17) is 9.84 Å². The summed E-state index contributed by atoms with van der Waals surface area (Å²) in [6.45, 7) is 2.40. The van der Waals surface area contributed by atoms with Gasteiger partial charge in [0, 0.05) is 24.3 Å². The maximum atomic E-state index is 12.4. The number of nitrogens with one attached hydrogen (secondary N) is 2. The second-order valence-electron chi connectivity index (χ2n) is 8.45. The molecule has 1 aliphatic carbocycles. The Balaban J connectivity index is 1.28. The number of aliphatic carboxylic acids is 1. The van der Waals surface area contributed by atoms with E-state index in [0.29, 0.717) is 23.8 Å². The van der Waals surface area contributed by atoms with E-state index in [9.17, 15) is 14.4 Å². The third-order valence-corrected chi connectivity index (χ3v) is 6.88. The fraction of sp³-hybridized carbons (Fsp3) is 0.308. The van der Waals surface area contributed by atoms with Gasteiger partial charge in [0.2, 0.25) is 5.91 Å². The van der Waals surface area contributed by atoms with E-state index in [2.05, 4.69) is 39.9 Å². The number of anilines is 1. The van der Waals surface area contributed by atoms with Crippen LogP contribution in [0.2, 0.25) is 0 Å². The number of carbonyl (C=O) groups excluding carboxylic acids is 2. The number of thiazole rings is 1. The number of aromatic nitrogens is 1. The van der Waals surface area contributed by atoms with Crippen LogP contribution in [0.25, 0.3) is 11.1 Å². The second-order valence-corrected chi connectivity index (χ2v) is 9.31. The molecular formula is C26H27N3O5S. The number of carboxylic acid groups (broad SMARTS) is 1. The topological polar surface area (TPSA) is 118 Å². The zero-order valence-corrected chi connectivity index (χ0v) is 20.1. The van der Waals surface area contributed by atoms with Crippen LogP contribution in [0, 0.1) is 5.92 Å². The summed E-state index contributed by atoms with van der Waals surface area (Å²) in [4.78, 5) is 39.8. The summed E-state index contributed by atoms with van der Waals surface area (Å²) in [7, 11) is 0. The molecule has 2 amide bonds. The van der Waals surface area contributed by atoms with E-state index in [1.165, 1.54) is 11.3 Å². The van der Waals surface area contributed by atoms with E-state index in [-0.39, 0.29) is 37.2 Å². The van der Waals surface area contributed by atoms with Crippen molar-refractivity contribution in [3.63, 3.8) is 0 Å². The highest BCUT2D eigenvalue weighted by Crippen LogP contribution is 2.44. The van der Waals surface area contributed by atoms with Crippen molar-refractivity contribution >= 4 is 34.4 Å². The summed E-state index contributed by atoms with van der Waals surface area (Å²) in [5.74, 6) is -1.27. The molecule has 4 rings (SSSR count). The molecule has 1 heterocycles. The number of carboxylic acids is 1. The van der Waals surface area contributed by atoms with E-state index in [1.54, 1.807) is 5.38 Å². The maximum Gasteiger partial charge on any atom is 0.413 e. The first-order chi connectivity index (χ1) is 16.9. The highest BCUT2D eigenvalue weighted by molar-refractivity contribution is 7.13. The van der Waals surface area contributed by atoms with Gasteiger partial charge in [-0.2, -0.15) is 0 Å². The molecule has 3 aromatic rings. The minimum absolute atomic E-state index is 0.0156. The average molecular weight is 494 g/mol. The lowest BCUT2D eigenvalue weighted by Gasteiger charge is -2.14. The van der Waals surface area contributed by atoms with Crippen LogP contribution in [0.4, 0.5) is 9.93 Å². The van der Waals surface area contributed by atoms with E-state index < -0.39 is 12.1 Å². The second kappa shape index (κ2) is 11.1. The van der Waals surface area contributed by atoms with Gasteiger partial charge in [-0.25, -0.2) is 9.78 Å². The molecule has 0 saturated heterocycles. The van der Waals surface area contributed by atoms with Gasteiger partial charge in [0.05, 0.1) is 12.1 Å². The van der Waals surface area contributed by atoms with Crippen LogP contribution in [0.5, 0.6) is 0 Å². The van der Waals surface area contributed by atoms with Gasteiger partial charge in [-0.1, -0.05) is 61.9 Å². The number of amides is 2. The number of nitrogens with zero attached hydrogens (tertiary/aromatic N) is 1. The molecule has 0 saturated carbocycles. The zero-order valence-electron chi connectivity index (χ0n) is 19.3. The third kappa shape index (κ3) is 6.05. The van der Waals surface area contributed by atoms with Crippen molar-refractivity contribution in [3.05, 3.63) is 70.7 Å². The Kier molecular flexibility index (Phi) is 7.77. The van der Waals surface area contributed by atoms with Gasteiger partial charge in [-0.05, 0) is 28.2 Å². The molecule has 1 unspecified atom stereocenters. The Bertz CT molecular complexity index is 1180. The first-order valence-electron chi connectivity index (χ1n) is 11.5. The van der Waals surface area contributed by atoms with Gasteiger partial charge in [0.15, 0.2) is 5.13 Å². The summed E-state index contributed by atoms with van der Waals surface area (Å²) in [5.41, 5.74) is 5.12. The molecule has 2 aromatic carbocycles. The van der Waals surface area contributed by atoms with Gasteiger partial charge >= 0.3 is 12.1 Å². The highest BCUT2D eigenvalue weighted by Gasteiger charge is 2.29. The summed E-state index contributed by atoms with van der Waals surface area (Å²) in [5, 5.41) is 16.4. The van der Waals surface area contributed by atoms with E-state index in [1.807, 2.05) is 31.2 Å². The van der Waals surface area contributed by atoms with Gasteiger partial charge in [0.25, 0.3) is 0 Å². The van der Waals surface area contributed by atoms with Gasteiger partial charge in [0.1, 0.15) is 6.61 Å². The van der Waals surface area contributed by atoms with Crippen molar-refractivity contribution in [1.82, 2.24) is 10.3 Å². The SMILES string of the molecule is CCC(CNC(=O)Cc1csc(NC(=O)OCC2c3ccccc3-c3ccccc32)n1)CC(=O)O. The van der Waals surface area contributed by atoms with Crippen LogP contribution in [0.15, 0.2) is 53.9 Å². The number of fused-ring (bicyclic) bond motifs is 3. The van der Waals surface area contributed by atoms with Crippen LogP contribution >= 0.6 is 11.3 Å². The quantitative estimate of drug-likeness (QED) is 0.378. The minimum atomic E-state index is -0.880. The molecule has 0 radical (unpaired) electrons. The van der Waals surface area contributed by atoms with Gasteiger partial charge < -0.3 is 15.2 Å². The molecule has 0 aliphatic heterocycles. The van der Waals surface area contributed by atoms with Gasteiger partial charge in [-0.3, -0.25) is 14.9 Å². The van der Waals surface area contributed by atoms with E-state index >= 15 is 0 Å². The van der Waals surface area contributed by atoms with Crippen molar-refractivity contribution in [3.8, 4) is 11.1 Å². The zero-order chi connectivity index (χ0) is 24.8. The van der Waals surface area contributed by atoms with E-state index in [0.717, 1.165) is 22.3 Å². The molecule has 0 fully saturated rings. The van der Waals surface area contributed by atoms with Crippen molar-refractivity contribution in [2.24, 2.45) is 5.92 Å². The maximum absolute atomic E-state index is 12.4. The lowest BCUT2D eigenvalue weighted by molar-refractivity contribution is -0.138. The number of hydrogen-bond donors (Lipinski definition) is 3. The highest BCUT2D eigenvalue weighted by atomic mass is 32.1. The molecule has 0 spiro atoms. The molecule has 1 aromatic heterocycles. The molecule has 0 bridgehead atoms. The van der Waals surface area contributed by atoms with Crippen LogP contribution in [-0.2, 0) is 20.7 Å². The summed E-state index contributed by atoms with van der Waals surface area (Å²) >= 11 is 1.21. The smallest absolute Gasteiger partial charge is 0.413 e. The van der Waals surface area contributed by atoms with Crippen molar-refractivity contribution in [1.29, 1.82) is 0 Å². The van der Waals surface area contributed by atoms with Crippen molar-refractivity contribution < 1.29 is 24.2 Å². The first kappa shape index (κ1) is 24.4. The fourth-order valence-electron chi connectivity index (χ4n) is 4.26. The Labute approximate surface area is 207 Å². The molecule has 8 nitrogen and oxygen atoms in total. The molecular weight excluding hydrogens is 466 g/mol. The monoisotopic (exact) mass is 493 g/mol. The Hall–Kier alpha value is -3.72.